The van der Waals surface area contributed by atoms with Gasteiger partial charge in [0.25, 0.3) is 0 Å². The van der Waals surface area contributed by atoms with E-state index in [2.05, 4.69) is 0 Å². The van der Waals surface area contributed by atoms with Crippen molar-refractivity contribution in [2.24, 2.45) is 0 Å². The zero-order valence-electron chi connectivity index (χ0n) is 9.54. The maximum atomic E-state index is 11.1. The molecule has 0 fully saturated rings. The number of rotatable bonds is 3. The van der Waals surface area contributed by atoms with Crippen LogP contribution in [0.25, 0.3) is 0 Å². The molecular formula is C12H15ClO3. The van der Waals surface area contributed by atoms with Gasteiger partial charge in [-0.15, -0.1) is 0 Å². The van der Waals surface area contributed by atoms with Gasteiger partial charge in [0.2, 0.25) is 0 Å². The number of hydrogen-bond acceptors (Lipinski definition) is 2. The molecule has 2 N–H and O–H groups in total. The predicted molar refractivity (Wildman–Crippen MR) is 63.3 cm³/mol. The zero-order chi connectivity index (χ0) is 12.5. The van der Waals surface area contributed by atoms with E-state index < -0.39 is 11.9 Å². The second kappa shape index (κ2) is 4.74. The summed E-state index contributed by atoms with van der Waals surface area (Å²) in [7, 11) is 0. The average Bonchev–Trinajstić information content (AvgIpc) is 2.21. The number of carbonyl (C=O) groups is 1. The Kier molecular flexibility index (Phi) is 3.81. The molecule has 0 aliphatic rings. The van der Waals surface area contributed by atoms with Gasteiger partial charge in [-0.2, -0.15) is 0 Å². The summed E-state index contributed by atoms with van der Waals surface area (Å²) < 4.78 is 0. The molecule has 1 unspecified atom stereocenters. The number of aliphatic carboxylic acids is 1. The molecule has 0 bridgehead atoms. The number of carboxylic acid groups (broad SMARTS) is 1. The molecule has 4 heteroatoms. The number of carboxylic acids is 1. The van der Waals surface area contributed by atoms with E-state index >= 15 is 0 Å². The van der Waals surface area contributed by atoms with Crippen LogP contribution in [0, 0.1) is 13.8 Å². The summed E-state index contributed by atoms with van der Waals surface area (Å²) in [6, 6.07) is 1.64. The number of aromatic hydroxyl groups is 1. The van der Waals surface area contributed by atoms with Gasteiger partial charge in [0.05, 0.1) is 5.92 Å². The van der Waals surface area contributed by atoms with E-state index in [0.717, 1.165) is 0 Å². The van der Waals surface area contributed by atoms with Gasteiger partial charge in [-0.25, -0.2) is 0 Å². The molecule has 3 nitrogen and oxygen atoms in total. The van der Waals surface area contributed by atoms with E-state index in [4.69, 9.17) is 16.7 Å². The monoisotopic (exact) mass is 242 g/mol. The van der Waals surface area contributed by atoms with Gasteiger partial charge in [-0.1, -0.05) is 18.5 Å². The Bertz CT molecular complexity index is 401. The standard InChI is InChI=1S/C12H15ClO3/c1-4-8(12(15)16)10-7(3)9(13)5-6(2)11(10)14/h5,8,14H,4H2,1-3H3,(H,15,16). The van der Waals surface area contributed by atoms with Crippen molar-refractivity contribution in [2.75, 3.05) is 0 Å². The Hall–Kier alpha value is -1.22. The van der Waals surface area contributed by atoms with E-state index in [1.54, 1.807) is 26.8 Å². The molecule has 0 saturated carbocycles. The number of aryl methyl sites for hydroxylation is 1. The van der Waals surface area contributed by atoms with Crippen molar-refractivity contribution in [1.82, 2.24) is 0 Å². The summed E-state index contributed by atoms with van der Waals surface area (Å²) in [6.45, 7) is 5.20. The minimum atomic E-state index is -0.942. The van der Waals surface area contributed by atoms with Crippen LogP contribution < -0.4 is 0 Å². The van der Waals surface area contributed by atoms with E-state index in [1.807, 2.05) is 0 Å². The summed E-state index contributed by atoms with van der Waals surface area (Å²) >= 11 is 5.99. The third-order valence-corrected chi connectivity index (χ3v) is 3.18. The average molecular weight is 243 g/mol. The lowest BCUT2D eigenvalue weighted by Gasteiger charge is -2.17. The topological polar surface area (TPSA) is 57.5 Å². The largest absolute Gasteiger partial charge is 0.507 e. The third-order valence-electron chi connectivity index (χ3n) is 2.79. The molecular weight excluding hydrogens is 228 g/mol. The van der Waals surface area contributed by atoms with Crippen LogP contribution in [-0.4, -0.2) is 16.2 Å². The molecule has 0 aliphatic carbocycles. The van der Waals surface area contributed by atoms with Crippen molar-refractivity contribution in [1.29, 1.82) is 0 Å². The summed E-state index contributed by atoms with van der Waals surface area (Å²) in [6.07, 6.45) is 0.420. The van der Waals surface area contributed by atoms with Crippen molar-refractivity contribution >= 4 is 17.6 Å². The zero-order valence-corrected chi connectivity index (χ0v) is 10.3. The van der Waals surface area contributed by atoms with Crippen LogP contribution in [0.5, 0.6) is 5.75 Å². The van der Waals surface area contributed by atoms with E-state index in [0.29, 0.717) is 28.1 Å². The molecule has 1 atom stereocenters. The van der Waals surface area contributed by atoms with Crippen LogP contribution in [0.4, 0.5) is 0 Å². The molecule has 0 amide bonds. The van der Waals surface area contributed by atoms with Gasteiger partial charge in [0.15, 0.2) is 0 Å². The third kappa shape index (κ3) is 2.14. The first-order valence-electron chi connectivity index (χ1n) is 5.11. The van der Waals surface area contributed by atoms with Gasteiger partial charge >= 0.3 is 5.97 Å². The quantitative estimate of drug-likeness (QED) is 0.856. The minimum absolute atomic E-state index is 0.0381. The number of benzene rings is 1. The van der Waals surface area contributed by atoms with E-state index in [1.165, 1.54) is 0 Å². The highest BCUT2D eigenvalue weighted by molar-refractivity contribution is 6.31. The summed E-state index contributed by atoms with van der Waals surface area (Å²) in [5.41, 5.74) is 1.67. The summed E-state index contributed by atoms with van der Waals surface area (Å²) in [5.74, 6) is -1.61. The van der Waals surface area contributed by atoms with Gasteiger partial charge < -0.3 is 10.2 Å². The highest BCUT2D eigenvalue weighted by Gasteiger charge is 2.25. The van der Waals surface area contributed by atoms with Crippen LogP contribution in [0.1, 0.15) is 36.0 Å². The van der Waals surface area contributed by atoms with Gasteiger partial charge in [0.1, 0.15) is 5.75 Å². The van der Waals surface area contributed by atoms with Crippen molar-refractivity contribution < 1.29 is 15.0 Å². The molecule has 0 spiro atoms. The van der Waals surface area contributed by atoms with Gasteiger partial charge in [-0.05, 0) is 37.5 Å². The highest BCUT2D eigenvalue weighted by Crippen LogP contribution is 2.37. The van der Waals surface area contributed by atoms with Gasteiger partial charge in [-0.3, -0.25) is 4.79 Å². The SMILES string of the molecule is CCC(C(=O)O)c1c(C)c(Cl)cc(C)c1O. The first-order valence-corrected chi connectivity index (χ1v) is 5.49. The lowest BCUT2D eigenvalue weighted by molar-refractivity contribution is -0.138. The van der Waals surface area contributed by atoms with Crippen molar-refractivity contribution in [2.45, 2.75) is 33.1 Å². The first kappa shape index (κ1) is 12.8. The molecule has 1 aromatic rings. The lowest BCUT2D eigenvalue weighted by Crippen LogP contribution is -2.12. The van der Waals surface area contributed by atoms with Crippen LogP contribution in [0.2, 0.25) is 5.02 Å². The van der Waals surface area contributed by atoms with Gasteiger partial charge in [0, 0.05) is 10.6 Å². The maximum Gasteiger partial charge on any atom is 0.311 e. The predicted octanol–water partition coefficient (Wildman–Crippen LogP) is 3.24. The fourth-order valence-electron chi connectivity index (χ4n) is 1.81. The Morgan fingerprint density at radius 1 is 1.50 bits per heavy atom. The molecule has 0 heterocycles. The molecule has 1 rings (SSSR count). The number of hydrogen-bond donors (Lipinski definition) is 2. The Balaban J connectivity index is 3.47. The molecule has 0 saturated heterocycles. The molecule has 0 radical (unpaired) electrons. The van der Waals surface area contributed by atoms with Crippen LogP contribution in [0.3, 0.4) is 0 Å². The Morgan fingerprint density at radius 2 is 2.06 bits per heavy atom. The Labute approximate surface area is 99.7 Å². The smallest absolute Gasteiger partial charge is 0.311 e. The summed E-state index contributed by atoms with van der Waals surface area (Å²) in [4.78, 5) is 11.1. The van der Waals surface area contributed by atoms with Crippen LogP contribution in [0.15, 0.2) is 6.07 Å². The number of halogens is 1. The fourth-order valence-corrected chi connectivity index (χ4v) is 2.08. The fraction of sp³-hybridized carbons (Fsp3) is 0.417. The maximum absolute atomic E-state index is 11.1. The van der Waals surface area contributed by atoms with Crippen molar-refractivity contribution in [3.05, 3.63) is 27.8 Å². The summed E-state index contributed by atoms with van der Waals surface area (Å²) in [5, 5.41) is 19.5. The second-order valence-corrected chi connectivity index (χ2v) is 4.27. The van der Waals surface area contributed by atoms with Crippen LogP contribution >= 0.6 is 11.6 Å². The van der Waals surface area contributed by atoms with Crippen LogP contribution in [-0.2, 0) is 4.79 Å². The molecule has 88 valence electrons. The highest BCUT2D eigenvalue weighted by atomic mass is 35.5. The van der Waals surface area contributed by atoms with E-state index in [-0.39, 0.29) is 5.75 Å². The molecule has 0 aliphatic heterocycles. The Morgan fingerprint density at radius 3 is 2.50 bits per heavy atom. The van der Waals surface area contributed by atoms with E-state index in [9.17, 15) is 9.90 Å². The lowest BCUT2D eigenvalue weighted by atomic mass is 9.90. The minimum Gasteiger partial charge on any atom is -0.507 e. The number of phenols is 1. The molecule has 0 aromatic heterocycles. The second-order valence-electron chi connectivity index (χ2n) is 3.86. The molecule has 1 aromatic carbocycles. The van der Waals surface area contributed by atoms with Crippen molar-refractivity contribution in [3.8, 4) is 5.75 Å². The molecule has 16 heavy (non-hydrogen) atoms. The first-order chi connectivity index (χ1) is 7.40. The van der Waals surface area contributed by atoms with Crippen molar-refractivity contribution in [3.63, 3.8) is 0 Å². The number of phenolic OH excluding ortho intramolecular Hbond substituents is 1. The normalized spacial score (nSPS) is 12.5.